The van der Waals surface area contributed by atoms with Crippen LogP contribution in [-0.2, 0) is 25.4 Å². The lowest BCUT2D eigenvalue weighted by Gasteiger charge is -2.39. The molecule has 0 bridgehead atoms. The van der Waals surface area contributed by atoms with E-state index in [9.17, 15) is 35.4 Å². The number of unbranched alkanes of at least 4 members (excludes halogenated alkanes) is 1. The molecule has 5 rings (SSSR count). The predicted octanol–water partition coefficient (Wildman–Crippen LogP) is -0.726. The van der Waals surface area contributed by atoms with Crippen LogP contribution in [0.3, 0.4) is 0 Å². The van der Waals surface area contributed by atoms with Crippen LogP contribution in [0.25, 0.3) is 10.8 Å². The third kappa shape index (κ3) is 13.2. The van der Waals surface area contributed by atoms with Crippen LogP contribution in [0.15, 0.2) is 41.4 Å². The van der Waals surface area contributed by atoms with Crippen LogP contribution in [-0.4, -0.2) is 165 Å². The Morgan fingerprint density at radius 2 is 1.50 bits per heavy atom. The van der Waals surface area contributed by atoms with E-state index in [1.807, 2.05) is 30.3 Å². The number of nitrogens with two attached hydrogens (primary N) is 3. The van der Waals surface area contributed by atoms with Gasteiger partial charge in [-0.3, -0.25) is 20.0 Å². The second-order valence-electron chi connectivity index (χ2n) is 14.9. The second kappa shape index (κ2) is 22.2. The number of ether oxygens (including phenoxy) is 5. The molecular formula is C39H57ClN8O12. The smallest absolute Gasteiger partial charge is 0.280 e. The first-order chi connectivity index (χ1) is 28.6. The fraction of sp³-hybridized carbons (Fsp3) is 0.590. The number of aliphatic hydroxyl groups excluding tert-OH is 6. The number of guanidine groups is 1. The van der Waals surface area contributed by atoms with Gasteiger partial charge in [0, 0.05) is 26.2 Å². The van der Waals surface area contributed by atoms with Crippen LogP contribution in [0.1, 0.15) is 49.2 Å². The quantitative estimate of drug-likeness (QED) is 0.0404. The molecule has 3 unspecified atom stereocenters. The van der Waals surface area contributed by atoms with Crippen molar-refractivity contribution in [2.24, 2.45) is 10.7 Å². The minimum atomic E-state index is -1.48. The zero-order valence-corrected chi connectivity index (χ0v) is 34.3. The van der Waals surface area contributed by atoms with E-state index in [1.54, 1.807) is 18.7 Å². The number of anilines is 2. The van der Waals surface area contributed by atoms with Crippen molar-refractivity contribution < 1.29 is 59.1 Å². The zero-order chi connectivity index (χ0) is 43.5. The molecule has 0 radical (unpaired) electrons. The summed E-state index contributed by atoms with van der Waals surface area (Å²) >= 11 is 5.84. The first-order valence-electron chi connectivity index (χ1n) is 19.8. The van der Waals surface area contributed by atoms with Crippen molar-refractivity contribution in [1.29, 1.82) is 0 Å². The van der Waals surface area contributed by atoms with Crippen LogP contribution in [0.4, 0.5) is 11.6 Å². The van der Waals surface area contributed by atoms with E-state index in [-0.39, 0.29) is 67.9 Å². The summed E-state index contributed by atoms with van der Waals surface area (Å²) in [6.45, 7) is 3.73. The van der Waals surface area contributed by atoms with Gasteiger partial charge in [-0.1, -0.05) is 35.9 Å². The van der Waals surface area contributed by atoms with E-state index >= 15 is 0 Å². The van der Waals surface area contributed by atoms with Gasteiger partial charge in [-0.25, -0.2) is 9.97 Å². The summed E-state index contributed by atoms with van der Waals surface area (Å²) in [5.41, 5.74) is 18.1. The number of amides is 1. The van der Waals surface area contributed by atoms with E-state index in [2.05, 4.69) is 26.3 Å². The number of nitrogens with one attached hydrogen (secondary N) is 1. The van der Waals surface area contributed by atoms with Gasteiger partial charge < -0.3 is 71.5 Å². The molecule has 2 aliphatic rings. The number of halogens is 1. The number of aliphatic imine (C=N–C) groups is 1. The van der Waals surface area contributed by atoms with Gasteiger partial charge >= 0.3 is 0 Å². The van der Waals surface area contributed by atoms with Crippen molar-refractivity contribution in [3.8, 4) is 5.75 Å². The van der Waals surface area contributed by atoms with Gasteiger partial charge in [0.2, 0.25) is 0 Å². The molecule has 2 fully saturated rings. The SMILES string of the molecule is CC1OC[C@@H](O)[C@H]([C@H](O)[C@@H](O)CN(CCCOc2ccc3cc(CCCCN=C(N)NC(=O)c4nc(Cl)c(N)nc4N)ccc3c2)C[C@H](O)[C@@H](O)[C@@H]2OC(C)OCC2O)O1. The summed E-state index contributed by atoms with van der Waals surface area (Å²) in [5.74, 6) is -0.421. The van der Waals surface area contributed by atoms with Gasteiger partial charge in [0.15, 0.2) is 41.0 Å². The highest BCUT2D eigenvalue weighted by atomic mass is 35.5. The Morgan fingerprint density at radius 1 is 0.900 bits per heavy atom. The number of carbonyl (C=O) groups is 1. The summed E-state index contributed by atoms with van der Waals surface area (Å²) in [4.78, 5) is 25.9. The minimum absolute atomic E-state index is 0.0702. The molecule has 3 heterocycles. The van der Waals surface area contributed by atoms with Gasteiger partial charge in [0.25, 0.3) is 5.91 Å². The maximum atomic E-state index is 12.4. The third-order valence-electron chi connectivity index (χ3n) is 10.1. The van der Waals surface area contributed by atoms with Crippen molar-refractivity contribution in [2.75, 3.05) is 57.5 Å². The first kappa shape index (κ1) is 47.0. The highest BCUT2D eigenvalue weighted by molar-refractivity contribution is 6.31. The Labute approximate surface area is 352 Å². The molecule has 60 heavy (non-hydrogen) atoms. The lowest BCUT2D eigenvalue weighted by molar-refractivity contribution is -0.274. The summed E-state index contributed by atoms with van der Waals surface area (Å²) in [5, 5.41) is 68.9. The zero-order valence-electron chi connectivity index (χ0n) is 33.5. The van der Waals surface area contributed by atoms with E-state index in [1.165, 1.54) is 0 Å². The second-order valence-corrected chi connectivity index (χ2v) is 15.2. The fourth-order valence-corrected chi connectivity index (χ4v) is 7.00. The predicted molar refractivity (Wildman–Crippen MR) is 220 cm³/mol. The average Bonchev–Trinajstić information content (AvgIpc) is 3.21. The van der Waals surface area contributed by atoms with Crippen LogP contribution >= 0.6 is 11.6 Å². The Hall–Kier alpha value is -4.03. The van der Waals surface area contributed by atoms with Gasteiger partial charge in [0.05, 0.1) is 32.0 Å². The topological polar surface area (TPSA) is 316 Å². The Balaban J connectivity index is 1.10. The van der Waals surface area contributed by atoms with E-state index in [0.29, 0.717) is 25.1 Å². The Kier molecular flexibility index (Phi) is 17.4. The van der Waals surface area contributed by atoms with Crippen molar-refractivity contribution in [1.82, 2.24) is 20.2 Å². The molecule has 2 aromatic carbocycles. The van der Waals surface area contributed by atoms with E-state index in [4.69, 9.17) is 52.5 Å². The maximum Gasteiger partial charge on any atom is 0.280 e. The first-order valence-corrected chi connectivity index (χ1v) is 20.2. The molecule has 13 N–H and O–H groups in total. The van der Waals surface area contributed by atoms with Crippen molar-refractivity contribution >= 4 is 45.9 Å². The largest absolute Gasteiger partial charge is 0.494 e. The summed E-state index contributed by atoms with van der Waals surface area (Å²) in [6.07, 6.45) is -8.91. The molecule has 1 aromatic heterocycles. The van der Waals surface area contributed by atoms with Crippen LogP contribution in [0.5, 0.6) is 5.75 Å². The molecular weight excluding hydrogens is 808 g/mol. The average molecular weight is 865 g/mol. The number of nitrogens with zero attached hydrogens (tertiary/aromatic N) is 4. The number of hydrogen-bond donors (Lipinski definition) is 10. The van der Waals surface area contributed by atoms with Gasteiger partial charge in [-0.15, -0.1) is 0 Å². The lowest BCUT2D eigenvalue weighted by atomic mass is 10.00. The van der Waals surface area contributed by atoms with E-state index < -0.39 is 67.3 Å². The molecule has 2 aliphatic heterocycles. The van der Waals surface area contributed by atoms with E-state index in [0.717, 1.165) is 29.2 Å². The Bertz CT molecular complexity index is 1860. The maximum absolute atomic E-state index is 12.4. The summed E-state index contributed by atoms with van der Waals surface area (Å²) in [6, 6.07) is 11.9. The van der Waals surface area contributed by atoms with Gasteiger partial charge in [0.1, 0.15) is 42.4 Å². The number of benzene rings is 2. The molecule has 3 aromatic rings. The molecule has 332 valence electrons. The molecule has 1 amide bonds. The summed E-state index contributed by atoms with van der Waals surface area (Å²) in [7, 11) is 0. The number of nitrogen functional groups attached to an aromatic ring is 2. The molecule has 0 aliphatic carbocycles. The molecule has 21 heteroatoms. The number of rotatable bonds is 19. The fourth-order valence-electron chi connectivity index (χ4n) is 6.88. The molecule has 0 spiro atoms. The summed E-state index contributed by atoms with van der Waals surface area (Å²) < 4.78 is 27.6. The standard InChI is InChI=1S/C39H57ClN8O12/c1-20-57-18-28(51)33(59-20)31(53)26(49)16-48(17-27(50)32(54)34-29(52)19-58-21(2)60-34)12-5-13-56-25-10-9-23-14-22(7-8-24(23)15-25)6-3-4-11-44-39(43)47-38(55)30-36(41)46-37(42)35(40)45-30/h7-10,14-15,20-21,26-29,31-34,49-54H,3-6,11-13,16-19H2,1-2H3,(H4,41,42,46)(H3,43,44,47,55)/t20?,21?,26-,27-,28+,29?,31+,32+,33+,34+/m0/s1. The number of aryl methyl sites for hydroxylation is 1. The number of aliphatic hydroxyl groups is 6. The Morgan fingerprint density at radius 3 is 2.13 bits per heavy atom. The third-order valence-corrected chi connectivity index (χ3v) is 10.4. The van der Waals surface area contributed by atoms with Crippen molar-refractivity contribution in [3.05, 3.63) is 52.8 Å². The number of aromatic nitrogens is 2. The minimum Gasteiger partial charge on any atom is -0.494 e. The monoisotopic (exact) mass is 864 g/mol. The van der Waals surface area contributed by atoms with Crippen LogP contribution in [0, 0.1) is 0 Å². The number of hydrogen-bond acceptors (Lipinski definition) is 18. The number of carbonyl (C=O) groups excluding carboxylic acids is 1. The highest BCUT2D eigenvalue weighted by Gasteiger charge is 2.40. The van der Waals surface area contributed by atoms with Gasteiger partial charge in [-0.05, 0) is 68.0 Å². The van der Waals surface area contributed by atoms with Crippen molar-refractivity contribution in [3.63, 3.8) is 0 Å². The molecule has 10 atom stereocenters. The van der Waals surface area contributed by atoms with Crippen molar-refractivity contribution in [2.45, 2.75) is 101 Å². The lowest BCUT2D eigenvalue weighted by Crippen LogP contribution is -2.57. The van der Waals surface area contributed by atoms with Gasteiger partial charge in [-0.2, -0.15) is 0 Å². The van der Waals surface area contributed by atoms with Crippen LogP contribution in [0.2, 0.25) is 5.15 Å². The number of fused-ring (bicyclic) bond motifs is 1. The van der Waals surface area contributed by atoms with Crippen LogP contribution < -0.4 is 27.3 Å². The molecule has 0 saturated carbocycles. The molecule has 20 nitrogen and oxygen atoms in total. The highest BCUT2D eigenvalue weighted by Crippen LogP contribution is 2.25. The molecule has 2 saturated heterocycles. The normalized spacial score (nSPS) is 24.5.